The molecule has 2 nitrogen and oxygen atoms in total. The lowest BCUT2D eigenvalue weighted by molar-refractivity contribution is -0.0678. The second-order valence-electron chi connectivity index (χ2n) is 6.33. The molecule has 2 aromatic rings. The Kier molecular flexibility index (Phi) is 3.01. The van der Waals surface area contributed by atoms with Gasteiger partial charge in [0.2, 0.25) is 0 Å². The van der Waals surface area contributed by atoms with Crippen LogP contribution >= 0.6 is 0 Å². The molecule has 0 bridgehead atoms. The van der Waals surface area contributed by atoms with Crippen molar-refractivity contribution in [3.05, 3.63) is 48.0 Å². The number of ether oxygens (including phenoxy) is 1. The molecule has 2 fully saturated rings. The molecular weight excluding hydrogens is 246 g/mol. The predicted octanol–water partition coefficient (Wildman–Crippen LogP) is 3.25. The van der Waals surface area contributed by atoms with Crippen LogP contribution in [-0.4, -0.2) is 25.8 Å². The SMILES string of the molecule is c1ccc2cc(C3(CC4CCCN4)COC3)ccc2c1. The zero-order valence-electron chi connectivity index (χ0n) is 11.8. The fourth-order valence-corrected chi connectivity index (χ4v) is 3.67. The van der Waals surface area contributed by atoms with Gasteiger partial charge in [-0.1, -0.05) is 42.5 Å². The van der Waals surface area contributed by atoms with Crippen molar-refractivity contribution in [1.29, 1.82) is 0 Å². The van der Waals surface area contributed by atoms with Crippen LogP contribution in [0.25, 0.3) is 10.8 Å². The summed E-state index contributed by atoms with van der Waals surface area (Å²) in [5.74, 6) is 0. The van der Waals surface area contributed by atoms with Gasteiger partial charge in [-0.2, -0.15) is 0 Å². The van der Waals surface area contributed by atoms with Crippen LogP contribution in [0.3, 0.4) is 0 Å². The van der Waals surface area contributed by atoms with Crippen molar-refractivity contribution in [1.82, 2.24) is 5.32 Å². The summed E-state index contributed by atoms with van der Waals surface area (Å²) < 4.78 is 5.59. The molecule has 2 heteroatoms. The van der Waals surface area contributed by atoms with E-state index in [9.17, 15) is 0 Å². The summed E-state index contributed by atoms with van der Waals surface area (Å²) in [7, 11) is 0. The standard InChI is InChI=1S/C18H21NO/c1-2-5-15-10-16(8-7-14(15)4-1)18(12-20-13-18)11-17-6-3-9-19-17/h1-2,4-5,7-8,10,17,19H,3,6,9,11-13H2. The first-order chi connectivity index (χ1) is 9.86. The Morgan fingerprint density at radius 3 is 2.65 bits per heavy atom. The lowest BCUT2D eigenvalue weighted by atomic mass is 9.73. The maximum atomic E-state index is 5.59. The van der Waals surface area contributed by atoms with E-state index in [4.69, 9.17) is 4.74 Å². The highest BCUT2D eigenvalue weighted by Gasteiger charge is 2.42. The number of benzene rings is 2. The summed E-state index contributed by atoms with van der Waals surface area (Å²) in [6.45, 7) is 2.94. The number of hydrogen-bond acceptors (Lipinski definition) is 2. The number of rotatable bonds is 3. The van der Waals surface area contributed by atoms with E-state index in [1.807, 2.05) is 0 Å². The molecule has 1 atom stereocenters. The van der Waals surface area contributed by atoms with Gasteiger partial charge in [-0.3, -0.25) is 0 Å². The molecule has 0 saturated carbocycles. The topological polar surface area (TPSA) is 21.3 Å². The molecule has 2 heterocycles. The Bertz CT molecular complexity index is 612. The van der Waals surface area contributed by atoms with E-state index >= 15 is 0 Å². The van der Waals surface area contributed by atoms with Gasteiger partial charge < -0.3 is 10.1 Å². The van der Waals surface area contributed by atoms with Crippen LogP contribution in [-0.2, 0) is 10.2 Å². The molecule has 1 unspecified atom stereocenters. The molecule has 4 rings (SSSR count). The van der Waals surface area contributed by atoms with Gasteiger partial charge in [-0.05, 0) is 42.1 Å². The molecule has 2 saturated heterocycles. The van der Waals surface area contributed by atoms with Crippen molar-refractivity contribution < 1.29 is 4.74 Å². The van der Waals surface area contributed by atoms with Crippen LogP contribution in [0.1, 0.15) is 24.8 Å². The van der Waals surface area contributed by atoms with Crippen LogP contribution in [0.4, 0.5) is 0 Å². The Balaban J connectivity index is 1.67. The maximum absolute atomic E-state index is 5.59. The van der Waals surface area contributed by atoms with E-state index in [1.165, 1.54) is 42.1 Å². The van der Waals surface area contributed by atoms with E-state index in [-0.39, 0.29) is 5.41 Å². The molecule has 0 aliphatic carbocycles. The molecule has 2 aromatic carbocycles. The average molecular weight is 267 g/mol. The normalized spacial score (nSPS) is 24.7. The number of fused-ring (bicyclic) bond motifs is 1. The molecule has 104 valence electrons. The highest BCUT2D eigenvalue weighted by Crippen LogP contribution is 2.39. The van der Waals surface area contributed by atoms with Crippen molar-refractivity contribution in [3.63, 3.8) is 0 Å². The number of hydrogen-bond donors (Lipinski definition) is 1. The summed E-state index contributed by atoms with van der Waals surface area (Å²) in [5.41, 5.74) is 1.70. The summed E-state index contributed by atoms with van der Waals surface area (Å²) in [4.78, 5) is 0. The molecule has 0 amide bonds. The summed E-state index contributed by atoms with van der Waals surface area (Å²) in [5, 5.41) is 6.30. The minimum atomic E-state index is 0.242. The second-order valence-corrected chi connectivity index (χ2v) is 6.33. The third-order valence-electron chi connectivity index (χ3n) is 4.92. The average Bonchev–Trinajstić information content (AvgIpc) is 2.95. The van der Waals surface area contributed by atoms with Crippen LogP contribution in [0, 0.1) is 0 Å². The van der Waals surface area contributed by atoms with Gasteiger partial charge in [-0.15, -0.1) is 0 Å². The number of nitrogens with one attached hydrogen (secondary N) is 1. The Morgan fingerprint density at radius 1 is 1.10 bits per heavy atom. The minimum absolute atomic E-state index is 0.242. The fraction of sp³-hybridized carbons (Fsp3) is 0.444. The van der Waals surface area contributed by atoms with Crippen molar-refractivity contribution in [2.45, 2.75) is 30.7 Å². The molecule has 2 aliphatic heterocycles. The molecule has 0 spiro atoms. The predicted molar refractivity (Wildman–Crippen MR) is 82.1 cm³/mol. The molecule has 2 aliphatic rings. The van der Waals surface area contributed by atoms with Gasteiger partial charge in [0, 0.05) is 11.5 Å². The van der Waals surface area contributed by atoms with Gasteiger partial charge in [-0.25, -0.2) is 0 Å². The van der Waals surface area contributed by atoms with Gasteiger partial charge in [0.25, 0.3) is 0 Å². The first-order valence-electron chi connectivity index (χ1n) is 7.66. The molecular formula is C18H21NO. The van der Waals surface area contributed by atoms with Gasteiger partial charge in [0.1, 0.15) is 0 Å². The quantitative estimate of drug-likeness (QED) is 0.921. The molecule has 0 aromatic heterocycles. The Hall–Kier alpha value is -1.38. The zero-order chi connectivity index (χ0) is 13.4. The highest BCUT2D eigenvalue weighted by molar-refractivity contribution is 5.83. The largest absolute Gasteiger partial charge is 0.379 e. The van der Waals surface area contributed by atoms with E-state index < -0.39 is 0 Å². The van der Waals surface area contributed by atoms with E-state index in [1.54, 1.807) is 0 Å². The Labute approximate surface area is 120 Å². The van der Waals surface area contributed by atoms with Crippen molar-refractivity contribution in [3.8, 4) is 0 Å². The maximum Gasteiger partial charge on any atom is 0.0586 e. The lowest BCUT2D eigenvalue weighted by Gasteiger charge is -2.43. The van der Waals surface area contributed by atoms with Gasteiger partial charge >= 0.3 is 0 Å². The van der Waals surface area contributed by atoms with E-state index in [2.05, 4.69) is 47.8 Å². The third kappa shape index (κ3) is 2.04. The third-order valence-corrected chi connectivity index (χ3v) is 4.92. The van der Waals surface area contributed by atoms with Crippen LogP contribution in [0.15, 0.2) is 42.5 Å². The van der Waals surface area contributed by atoms with Crippen molar-refractivity contribution >= 4 is 10.8 Å². The first kappa shape index (κ1) is 12.4. The summed E-state index contributed by atoms with van der Waals surface area (Å²) >= 11 is 0. The van der Waals surface area contributed by atoms with Crippen LogP contribution < -0.4 is 5.32 Å². The van der Waals surface area contributed by atoms with Crippen LogP contribution in [0.5, 0.6) is 0 Å². The van der Waals surface area contributed by atoms with Crippen LogP contribution in [0.2, 0.25) is 0 Å². The first-order valence-corrected chi connectivity index (χ1v) is 7.66. The molecule has 0 radical (unpaired) electrons. The molecule has 20 heavy (non-hydrogen) atoms. The monoisotopic (exact) mass is 267 g/mol. The van der Waals surface area contributed by atoms with E-state index in [0.717, 1.165) is 13.2 Å². The smallest absolute Gasteiger partial charge is 0.0586 e. The fourth-order valence-electron chi connectivity index (χ4n) is 3.67. The van der Waals surface area contributed by atoms with Crippen molar-refractivity contribution in [2.75, 3.05) is 19.8 Å². The zero-order valence-corrected chi connectivity index (χ0v) is 11.8. The van der Waals surface area contributed by atoms with E-state index in [0.29, 0.717) is 6.04 Å². The van der Waals surface area contributed by atoms with Gasteiger partial charge in [0.15, 0.2) is 0 Å². The summed E-state index contributed by atoms with van der Waals surface area (Å²) in [6.07, 6.45) is 3.85. The van der Waals surface area contributed by atoms with Crippen molar-refractivity contribution in [2.24, 2.45) is 0 Å². The second kappa shape index (κ2) is 4.87. The van der Waals surface area contributed by atoms with Gasteiger partial charge in [0.05, 0.1) is 13.2 Å². The highest BCUT2D eigenvalue weighted by atomic mass is 16.5. The minimum Gasteiger partial charge on any atom is -0.379 e. The summed E-state index contributed by atoms with van der Waals surface area (Å²) in [6, 6.07) is 16.2. The lowest BCUT2D eigenvalue weighted by Crippen LogP contribution is -2.50. The Morgan fingerprint density at radius 2 is 1.95 bits per heavy atom. The molecule has 1 N–H and O–H groups in total.